The number of hydrogen-bond donors (Lipinski definition) is 3. The molecule has 4 atom stereocenters. The first kappa shape index (κ1) is 14.7. The summed E-state index contributed by atoms with van der Waals surface area (Å²) in [6, 6.07) is 0. The van der Waals surface area contributed by atoms with Crippen LogP contribution >= 0.6 is 11.8 Å². The number of thioether (sulfide) groups is 1. The molecule has 1 aliphatic rings. The molecule has 0 saturated carbocycles. The fourth-order valence-corrected chi connectivity index (χ4v) is 3.07. The van der Waals surface area contributed by atoms with Crippen molar-refractivity contribution in [3.05, 3.63) is 12.0 Å². The van der Waals surface area contributed by atoms with Crippen LogP contribution in [0.3, 0.4) is 0 Å². The number of aromatic nitrogens is 4. The Kier molecular flexibility index (Phi) is 3.84. The fourth-order valence-electron chi connectivity index (χ4n) is 2.59. The van der Waals surface area contributed by atoms with Crippen molar-refractivity contribution in [1.29, 1.82) is 0 Å². The lowest BCUT2D eigenvalue weighted by molar-refractivity contribution is -0.0246. The van der Waals surface area contributed by atoms with E-state index >= 15 is 0 Å². The van der Waals surface area contributed by atoms with Gasteiger partial charge < -0.3 is 20.1 Å². The Balaban J connectivity index is 2.11. The first-order valence-electron chi connectivity index (χ1n) is 6.42. The molecule has 0 radical (unpaired) electrons. The van der Waals surface area contributed by atoms with E-state index in [4.69, 9.17) is 4.74 Å². The molecule has 2 aromatic rings. The highest BCUT2D eigenvalue weighted by atomic mass is 32.2. The van der Waals surface area contributed by atoms with Crippen molar-refractivity contribution in [3.63, 3.8) is 0 Å². The van der Waals surface area contributed by atoms with Crippen LogP contribution in [-0.2, 0) is 11.8 Å². The monoisotopic (exact) mass is 312 g/mol. The van der Waals surface area contributed by atoms with Crippen LogP contribution in [0.1, 0.15) is 11.8 Å². The van der Waals surface area contributed by atoms with Crippen molar-refractivity contribution >= 4 is 22.8 Å². The number of rotatable bonds is 3. The molecule has 9 heteroatoms. The Morgan fingerprint density at radius 2 is 2.05 bits per heavy atom. The number of aliphatic hydroxyl groups excluding tert-OH is 3. The van der Waals surface area contributed by atoms with E-state index in [1.54, 1.807) is 11.7 Å². The third-order valence-corrected chi connectivity index (χ3v) is 4.32. The van der Waals surface area contributed by atoms with Crippen LogP contribution in [0.25, 0.3) is 11.0 Å². The second-order valence-corrected chi connectivity index (χ2v) is 5.64. The standard InChI is InChI=1S/C12H16N4O4S/c1-16-8(11-10(19)9(18)5(3-17)20-11)6-7(15-16)12(21-2)14-4-13-6/h4-5,9-11,17-19H,3H2,1-2H3/t5-,9-,10-,11+/m1/s1. The zero-order chi connectivity index (χ0) is 15.1. The van der Waals surface area contributed by atoms with Crippen LogP contribution in [0.4, 0.5) is 0 Å². The lowest BCUT2D eigenvalue weighted by Gasteiger charge is -2.14. The summed E-state index contributed by atoms with van der Waals surface area (Å²) < 4.78 is 7.13. The van der Waals surface area contributed by atoms with Gasteiger partial charge in [-0.05, 0) is 6.26 Å². The Bertz CT molecular complexity index is 664. The molecule has 1 fully saturated rings. The smallest absolute Gasteiger partial charge is 0.143 e. The molecule has 0 unspecified atom stereocenters. The summed E-state index contributed by atoms with van der Waals surface area (Å²) in [6.45, 7) is -0.366. The van der Waals surface area contributed by atoms with E-state index in [1.165, 1.54) is 18.1 Å². The summed E-state index contributed by atoms with van der Waals surface area (Å²) >= 11 is 1.45. The highest BCUT2D eigenvalue weighted by molar-refractivity contribution is 7.98. The molecule has 3 N–H and O–H groups in total. The average molecular weight is 312 g/mol. The molecule has 0 spiro atoms. The van der Waals surface area contributed by atoms with Gasteiger partial charge in [0.25, 0.3) is 0 Å². The first-order chi connectivity index (χ1) is 10.1. The Morgan fingerprint density at radius 3 is 2.67 bits per heavy atom. The Hall–Kier alpha value is -1.26. The van der Waals surface area contributed by atoms with Crippen LogP contribution in [0.15, 0.2) is 11.4 Å². The van der Waals surface area contributed by atoms with Crippen molar-refractivity contribution in [1.82, 2.24) is 19.7 Å². The molecule has 2 aromatic heterocycles. The van der Waals surface area contributed by atoms with Gasteiger partial charge in [-0.2, -0.15) is 5.10 Å². The third kappa shape index (κ3) is 2.21. The number of nitrogens with zero attached hydrogens (tertiary/aromatic N) is 4. The maximum Gasteiger partial charge on any atom is 0.143 e. The second kappa shape index (κ2) is 5.50. The molecule has 1 aliphatic heterocycles. The molecule has 0 aromatic carbocycles. The van der Waals surface area contributed by atoms with E-state index in [0.717, 1.165) is 5.03 Å². The Labute approximate surface area is 124 Å². The molecular weight excluding hydrogens is 296 g/mol. The van der Waals surface area contributed by atoms with Gasteiger partial charge in [0.05, 0.1) is 12.3 Å². The molecule has 8 nitrogen and oxygen atoms in total. The van der Waals surface area contributed by atoms with Crippen LogP contribution in [-0.4, -0.2) is 66.2 Å². The normalized spacial score (nSPS) is 29.4. The topological polar surface area (TPSA) is 114 Å². The summed E-state index contributed by atoms with van der Waals surface area (Å²) in [5, 5.41) is 34.3. The van der Waals surface area contributed by atoms with Crippen molar-refractivity contribution in [2.75, 3.05) is 12.9 Å². The summed E-state index contributed by atoms with van der Waals surface area (Å²) in [6.07, 6.45) is -0.586. The van der Waals surface area contributed by atoms with Gasteiger partial charge in [0.2, 0.25) is 0 Å². The molecule has 0 bridgehead atoms. The van der Waals surface area contributed by atoms with Crippen molar-refractivity contribution in [2.45, 2.75) is 29.4 Å². The fraction of sp³-hybridized carbons (Fsp3) is 0.583. The minimum atomic E-state index is -1.15. The van der Waals surface area contributed by atoms with Gasteiger partial charge in [0.15, 0.2) is 0 Å². The Morgan fingerprint density at radius 1 is 1.29 bits per heavy atom. The predicted octanol–water partition coefficient (Wildman–Crippen LogP) is -0.761. The third-order valence-electron chi connectivity index (χ3n) is 3.64. The van der Waals surface area contributed by atoms with E-state index in [0.29, 0.717) is 16.7 Å². The van der Waals surface area contributed by atoms with Crippen molar-refractivity contribution in [3.8, 4) is 0 Å². The highest BCUT2D eigenvalue weighted by Gasteiger charge is 2.45. The molecule has 21 heavy (non-hydrogen) atoms. The van der Waals surface area contributed by atoms with Crippen LogP contribution in [0.2, 0.25) is 0 Å². The van der Waals surface area contributed by atoms with Gasteiger partial charge in [0, 0.05) is 7.05 Å². The summed E-state index contributed by atoms with van der Waals surface area (Å²) in [7, 11) is 1.72. The predicted molar refractivity (Wildman–Crippen MR) is 74.8 cm³/mol. The summed E-state index contributed by atoms with van der Waals surface area (Å²) in [5.41, 5.74) is 1.76. The van der Waals surface area contributed by atoms with Gasteiger partial charge in [-0.25, -0.2) is 9.97 Å². The molecule has 3 rings (SSSR count). The molecule has 3 heterocycles. The molecule has 0 aliphatic carbocycles. The van der Waals surface area contributed by atoms with Gasteiger partial charge >= 0.3 is 0 Å². The van der Waals surface area contributed by atoms with Crippen LogP contribution in [0.5, 0.6) is 0 Å². The van der Waals surface area contributed by atoms with E-state index in [2.05, 4.69) is 15.1 Å². The van der Waals surface area contributed by atoms with Crippen LogP contribution in [0, 0.1) is 0 Å². The molecule has 0 amide bonds. The number of hydrogen-bond acceptors (Lipinski definition) is 8. The zero-order valence-electron chi connectivity index (χ0n) is 11.5. The van der Waals surface area contributed by atoms with Gasteiger partial charge in [-0.3, -0.25) is 4.68 Å². The van der Waals surface area contributed by atoms with Gasteiger partial charge in [0.1, 0.15) is 46.8 Å². The van der Waals surface area contributed by atoms with Gasteiger partial charge in [-0.15, -0.1) is 11.8 Å². The molecular formula is C12H16N4O4S. The summed E-state index contributed by atoms with van der Waals surface area (Å²) in [4.78, 5) is 8.38. The van der Waals surface area contributed by atoms with Crippen LogP contribution < -0.4 is 0 Å². The lowest BCUT2D eigenvalue weighted by atomic mass is 10.1. The second-order valence-electron chi connectivity index (χ2n) is 4.85. The van der Waals surface area contributed by atoms with Crippen molar-refractivity contribution in [2.24, 2.45) is 7.05 Å². The maximum absolute atomic E-state index is 10.2. The largest absolute Gasteiger partial charge is 0.394 e. The van der Waals surface area contributed by atoms with E-state index in [-0.39, 0.29) is 6.61 Å². The van der Waals surface area contributed by atoms with E-state index < -0.39 is 24.4 Å². The number of ether oxygens (including phenoxy) is 1. The highest BCUT2D eigenvalue weighted by Crippen LogP contribution is 2.37. The molecule has 1 saturated heterocycles. The maximum atomic E-state index is 10.2. The van der Waals surface area contributed by atoms with Crippen molar-refractivity contribution < 1.29 is 20.1 Å². The minimum Gasteiger partial charge on any atom is -0.394 e. The van der Waals surface area contributed by atoms with E-state index in [9.17, 15) is 15.3 Å². The SMILES string of the molecule is CSc1ncnc2c([C@@H]3O[C@H](CO)[C@@H](O)[C@H]3O)n(C)nc12. The number of aliphatic hydroxyl groups is 3. The summed E-state index contributed by atoms with van der Waals surface area (Å²) in [5.74, 6) is 0. The average Bonchev–Trinajstić information content (AvgIpc) is 2.96. The molecule has 114 valence electrons. The number of aryl methyl sites for hydroxylation is 1. The minimum absolute atomic E-state index is 0.366. The van der Waals surface area contributed by atoms with E-state index in [1.807, 2.05) is 6.26 Å². The van der Waals surface area contributed by atoms with Gasteiger partial charge in [-0.1, -0.05) is 0 Å². The zero-order valence-corrected chi connectivity index (χ0v) is 12.4. The number of fused-ring (bicyclic) bond motifs is 1. The quantitative estimate of drug-likeness (QED) is 0.500. The first-order valence-corrected chi connectivity index (χ1v) is 7.65. The lowest BCUT2D eigenvalue weighted by Crippen LogP contribution is -2.32.